The van der Waals surface area contributed by atoms with Crippen molar-refractivity contribution < 1.29 is 13.2 Å². The molecule has 0 unspecified atom stereocenters. The maximum absolute atomic E-state index is 11.5. The molecule has 1 heterocycles. The second-order valence-corrected chi connectivity index (χ2v) is 8.50. The highest BCUT2D eigenvalue weighted by Crippen LogP contribution is 2.19. The molecule has 1 aliphatic heterocycles. The summed E-state index contributed by atoms with van der Waals surface area (Å²) in [6.45, 7) is 2.54. The molecule has 0 aromatic heterocycles. The Labute approximate surface area is 133 Å². The molecule has 0 spiro atoms. The molecule has 2 rings (SSSR count). The molecule has 0 bridgehead atoms. The molecule has 1 aromatic carbocycles. The van der Waals surface area contributed by atoms with E-state index >= 15 is 0 Å². The quantitative estimate of drug-likeness (QED) is 0.842. The molecular formula is C16H26N2O3S. The molecule has 1 aliphatic rings. The molecule has 1 aromatic rings. The number of benzene rings is 1. The van der Waals surface area contributed by atoms with Gasteiger partial charge in [0.1, 0.15) is 15.6 Å². The van der Waals surface area contributed by atoms with Crippen LogP contribution in [0.3, 0.4) is 0 Å². The van der Waals surface area contributed by atoms with E-state index in [9.17, 15) is 8.42 Å². The first-order chi connectivity index (χ1) is 10.4. The van der Waals surface area contributed by atoms with Crippen LogP contribution in [0.1, 0.15) is 12.0 Å². The SMILES string of the molecule is COc1cccc(CCN2C[C@@H](N)C[C@@H](CS(C)(=O)=O)C2)c1. The number of nitrogens with two attached hydrogens (primary N) is 1. The maximum atomic E-state index is 11.5. The van der Waals surface area contributed by atoms with Gasteiger partial charge in [-0.05, 0) is 36.5 Å². The molecule has 1 fully saturated rings. The lowest BCUT2D eigenvalue weighted by atomic mass is 9.96. The van der Waals surface area contributed by atoms with Crippen LogP contribution in [0.5, 0.6) is 5.75 Å². The Kier molecular flexibility index (Phi) is 5.83. The number of hydrogen-bond donors (Lipinski definition) is 1. The summed E-state index contributed by atoms with van der Waals surface area (Å²) < 4.78 is 28.2. The van der Waals surface area contributed by atoms with Crippen LogP contribution in [0.15, 0.2) is 24.3 Å². The van der Waals surface area contributed by atoms with E-state index in [4.69, 9.17) is 10.5 Å². The minimum Gasteiger partial charge on any atom is -0.497 e. The van der Waals surface area contributed by atoms with Crippen molar-refractivity contribution in [1.82, 2.24) is 4.90 Å². The lowest BCUT2D eigenvalue weighted by molar-refractivity contribution is 0.168. The minimum absolute atomic E-state index is 0.0609. The molecule has 0 amide bonds. The van der Waals surface area contributed by atoms with Gasteiger partial charge in [0.25, 0.3) is 0 Å². The lowest BCUT2D eigenvalue weighted by Crippen LogP contribution is -2.49. The smallest absolute Gasteiger partial charge is 0.147 e. The maximum Gasteiger partial charge on any atom is 0.147 e. The third-order valence-corrected chi connectivity index (χ3v) is 5.11. The number of nitrogens with zero attached hydrogens (tertiary/aromatic N) is 1. The van der Waals surface area contributed by atoms with Crippen molar-refractivity contribution in [2.24, 2.45) is 11.7 Å². The van der Waals surface area contributed by atoms with E-state index in [-0.39, 0.29) is 17.7 Å². The van der Waals surface area contributed by atoms with Gasteiger partial charge >= 0.3 is 0 Å². The van der Waals surface area contributed by atoms with E-state index in [1.54, 1.807) is 7.11 Å². The molecule has 2 atom stereocenters. The highest BCUT2D eigenvalue weighted by Gasteiger charge is 2.27. The van der Waals surface area contributed by atoms with Gasteiger partial charge in [-0.1, -0.05) is 12.1 Å². The summed E-state index contributed by atoms with van der Waals surface area (Å²) in [6.07, 6.45) is 3.01. The van der Waals surface area contributed by atoms with Crippen molar-refractivity contribution >= 4 is 9.84 Å². The van der Waals surface area contributed by atoms with Crippen LogP contribution in [0, 0.1) is 5.92 Å². The molecule has 5 nitrogen and oxygen atoms in total. The Morgan fingerprint density at radius 1 is 1.36 bits per heavy atom. The lowest BCUT2D eigenvalue weighted by Gasteiger charge is -2.36. The topological polar surface area (TPSA) is 72.6 Å². The number of piperidine rings is 1. The average Bonchev–Trinajstić information content (AvgIpc) is 2.43. The molecule has 6 heteroatoms. The van der Waals surface area contributed by atoms with Gasteiger partial charge in [-0.15, -0.1) is 0 Å². The van der Waals surface area contributed by atoms with Crippen molar-refractivity contribution in [2.75, 3.05) is 38.8 Å². The Balaban J connectivity index is 1.91. The summed E-state index contributed by atoms with van der Waals surface area (Å²) >= 11 is 0. The van der Waals surface area contributed by atoms with E-state index in [0.29, 0.717) is 0 Å². The molecule has 124 valence electrons. The van der Waals surface area contributed by atoms with Crippen molar-refractivity contribution in [3.05, 3.63) is 29.8 Å². The fourth-order valence-electron chi connectivity index (χ4n) is 3.20. The number of rotatable bonds is 6. The molecule has 0 aliphatic carbocycles. The molecule has 22 heavy (non-hydrogen) atoms. The van der Waals surface area contributed by atoms with Crippen LogP contribution in [-0.4, -0.2) is 58.1 Å². The number of likely N-dealkylation sites (tertiary alicyclic amines) is 1. The second kappa shape index (κ2) is 7.44. The predicted octanol–water partition coefficient (Wildman–Crippen LogP) is 0.932. The standard InChI is InChI=1S/C16H26N2O3S/c1-21-16-5-3-4-13(9-16)6-7-18-10-14(8-15(17)11-18)12-22(2,19)20/h3-5,9,14-15H,6-8,10-12,17H2,1-2H3/t14-,15+/m1/s1. The Morgan fingerprint density at radius 2 is 2.14 bits per heavy atom. The third kappa shape index (κ3) is 5.59. The van der Waals surface area contributed by atoms with Crippen LogP contribution in [0.25, 0.3) is 0 Å². The fourth-order valence-corrected chi connectivity index (χ4v) is 4.29. The Morgan fingerprint density at radius 3 is 2.82 bits per heavy atom. The molecule has 2 N–H and O–H groups in total. The molecule has 1 saturated heterocycles. The fraction of sp³-hybridized carbons (Fsp3) is 0.625. The van der Waals surface area contributed by atoms with Crippen LogP contribution in [0.4, 0.5) is 0 Å². The van der Waals surface area contributed by atoms with E-state index in [0.717, 1.165) is 38.2 Å². The van der Waals surface area contributed by atoms with Gasteiger partial charge in [0.05, 0.1) is 12.9 Å². The first kappa shape index (κ1) is 17.2. The van der Waals surface area contributed by atoms with E-state index < -0.39 is 9.84 Å². The van der Waals surface area contributed by atoms with Gasteiger partial charge in [-0.2, -0.15) is 0 Å². The van der Waals surface area contributed by atoms with Crippen molar-refractivity contribution in [2.45, 2.75) is 18.9 Å². The number of sulfone groups is 1. The molecular weight excluding hydrogens is 300 g/mol. The zero-order chi connectivity index (χ0) is 16.2. The highest BCUT2D eigenvalue weighted by molar-refractivity contribution is 7.90. The monoisotopic (exact) mass is 326 g/mol. The summed E-state index contributed by atoms with van der Waals surface area (Å²) in [4.78, 5) is 2.28. The number of methoxy groups -OCH3 is 1. The number of hydrogen-bond acceptors (Lipinski definition) is 5. The summed E-state index contributed by atoms with van der Waals surface area (Å²) in [7, 11) is -1.28. The first-order valence-electron chi connectivity index (χ1n) is 7.64. The Hall–Kier alpha value is -1.11. The third-order valence-electron chi connectivity index (χ3n) is 4.03. The normalized spacial score (nSPS) is 23.4. The summed E-state index contributed by atoms with van der Waals surface area (Å²) in [5.41, 5.74) is 7.31. The van der Waals surface area contributed by atoms with E-state index in [1.807, 2.05) is 18.2 Å². The van der Waals surface area contributed by atoms with Crippen LogP contribution >= 0.6 is 0 Å². The molecule has 0 radical (unpaired) electrons. The van der Waals surface area contributed by atoms with Gasteiger partial charge in [-0.25, -0.2) is 8.42 Å². The number of ether oxygens (including phenoxy) is 1. The van der Waals surface area contributed by atoms with Gasteiger partial charge < -0.3 is 15.4 Å². The Bertz CT molecular complexity index is 589. The van der Waals surface area contributed by atoms with Crippen molar-refractivity contribution in [3.8, 4) is 5.75 Å². The van der Waals surface area contributed by atoms with Crippen LogP contribution in [-0.2, 0) is 16.3 Å². The summed E-state index contributed by atoms with van der Waals surface area (Å²) in [5, 5.41) is 0. The zero-order valence-electron chi connectivity index (χ0n) is 13.4. The largest absolute Gasteiger partial charge is 0.497 e. The molecule has 0 saturated carbocycles. The average molecular weight is 326 g/mol. The minimum atomic E-state index is -2.95. The van der Waals surface area contributed by atoms with Crippen LogP contribution in [0.2, 0.25) is 0 Å². The van der Waals surface area contributed by atoms with Crippen LogP contribution < -0.4 is 10.5 Å². The van der Waals surface area contributed by atoms with Gasteiger partial charge in [0, 0.05) is 31.9 Å². The second-order valence-electron chi connectivity index (χ2n) is 6.32. The summed E-state index contributed by atoms with van der Waals surface area (Å²) in [5.74, 6) is 1.24. The first-order valence-corrected chi connectivity index (χ1v) is 9.70. The summed E-state index contributed by atoms with van der Waals surface area (Å²) in [6, 6.07) is 8.11. The van der Waals surface area contributed by atoms with Crippen molar-refractivity contribution in [3.63, 3.8) is 0 Å². The van der Waals surface area contributed by atoms with Gasteiger partial charge in [-0.3, -0.25) is 0 Å². The van der Waals surface area contributed by atoms with Gasteiger partial charge in [0.2, 0.25) is 0 Å². The van der Waals surface area contributed by atoms with Gasteiger partial charge in [0.15, 0.2) is 0 Å². The van der Waals surface area contributed by atoms with E-state index in [2.05, 4.69) is 11.0 Å². The van der Waals surface area contributed by atoms with Crippen molar-refractivity contribution in [1.29, 1.82) is 0 Å². The van der Waals surface area contributed by atoms with E-state index in [1.165, 1.54) is 11.8 Å². The highest BCUT2D eigenvalue weighted by atomic mass is 32.2. The zero-order valence-corrected chi connectivity index (χ0v) is 14.2. The predicted molar refractivity (Wildman–Crippen MR) is 88.9 cm³/mol.